The molecular weight excluding hydrogens is 712 g/mol. The number of benzene rings is 2. The van der Waals surface area contributed by atoms with Gasteiger partial charge in [0.1, 0.15) is 54.0 Å². The summed E-state index contributed by atoms with van der Waals surface area (Å²) in [6, 6.07) is 7.87. The van der Waals surface area contributed by atoms with Crippen molar-refractivity contribution in [3.8, 4) is 22.7 Å². The van der Waals surface area contributed by atoms with Gasteiger partial charge < -0.3 is 33.9 Å². The number of amides is 1. The molecule has 9 rings (SSSR count). The van der Waals surface area contributed by atoms with Crippen LogP contribution < -0.4 is 15.0 Å². The average molecular weight is 750 g/mol. The monoisotopic (exact) mass is 749 g/mol. The van der Waals surface area contributed by atoms with Crippen LogP contribution in [0.15, 0.2) is 60.9 Å². The lowest BCUT2D eigenvalue weighted by molar-refractivity contribution is -0.132. The predicted molar refractivity (Wildman–Crippen MR) is 198 cm³/mol. The molecule has 2 aromatic carbocycles. The van der Waals surface area contributed by atoms with Crippen LogP contribution in [-0.4, -0.2) is 109 Å². The largest absolute Gasteiger partial charge is 0.487 e. The van der Waals surface area contributed by atoms with Crippen LogP contribution in [0.1, 0.15) is 18.1 Å². The molecular formula is C38H37F2N11O4. The second-order valence-electron chi connectivity index (χ2n) is 13.8. The van der Waals surface area contributed by atoms with E-state index in [1.54, 1.807) is 54.3 Å². The molecule has 1 amide bonds. The summed E-state index contributed by atoms with van der Waals surface area (Å²) in [7, 11) is 3.37. The van der Waals surface area contributed by atoms with Gasteiger partial charge in [-0.25, -0.2) is 38.4 Å². The Morgan fingerprint density at radius 1 is 0.982 bits per heavy atom. The number of methoxy groups -OCH3 is 1. The summed E-state index contributed by atoms with van der Waals surface area (Å²) in [5, 5.41) is 8.71. The Labute approximate surface area is 313 Å². The van der Waals surface area contributed by atoms with Crippen LogP contribution in [0.25, 0.3) is 39.0 Å². The van der Waals surface area contributed by atoms with E-state index >= 15 is 4.39 Å². The van der Waals surface area contributed by atoms with Crippen molar-refractivity contribution in [3.05, 3.63) is 84.2 Å². The van der Waals surface area contributed by atoms with Gasteiger partial charge in [0.05, 0.1) is 47.6 Å². The van der Waals surface area contributed by atoms with Crippen molar-refractivity contribution in [2.75, 3.05) is 50.7 Å². The van der Waals surface area contributed by atoms with E-state index in [9.17, 15) is 9.18 Å². The number of carbonyl (C=O) groups is 1. The first-order valence-corrected chi connectivity index (χ1v) is 17.9. The Balaban J connectivity index is 1.16. The molecule has 6 aromatic rings. The SMILES string of the molecule is CO[C@H]1CN(C)C(=O)[C@@H]2C[C@@H](CN2c2nc3nc4c2cnn4-c2ccc(F)cc2OC/C=C\COC3)Nc2nccc(n2)-c2cc(F)cc3nc(C)n(c23)C1. The lowest BCUT2D eigenvalue weighted by atomic mass is 10.1. The lowest BCUT2D eigenvalue weighted by Gasteiger charge is -2.31. The van der Waals surface area contributed by atoms with Gasteiger partial charge in [0.25, 0.3) is 0 Å². The van der Waals surface area contributed by atoms with Gasteiger partial charge in [0.2, 0.25) is 11.9 Å². The first-order valence-electron chi connectivity index (χ1n) is 17.9. The molecule has 0 aliphatic carbocycles. The van der Waals surface area contributed by atoms with E-state index in [2.05, 4.69) is 20.4 Å². The first-order chi connectivity index (χ1) is 26.7. The molecule has 55 heavy (non-hydrogen) atoms. The highest BCUT2D eigenvalue weighted by Gasteiger charge is 2.41. The molecule has 0 spiro atoms. The third-order valence-electron chi connectivity index (χ3n) is 10.2. The van der Waals surface area contributed by atoms with Crippen molar-refractivity contribution in [2.24, 2.45) is 0 Å². The van der Waals surface area contributed by atoms with Gasteiger partial charge in [-0.2, -0.15) is 5.10 Å². The normalized spacial score (nSPS) is 20.9. The number of nitrogens with zero attached hydrogens (tertiary/aromatic N) is 10. The summed E-state index contributed by atoms with van der Waals surface area (Å²) in [4.78, 5) is 42.1. The number of anilines is 2. The molecule has 0 saturated carbocycles. The molecule has 1 fully saturated rings. The van der Waals surface area contributed by atoms with E-state index in [4.69, 9.17) is 29.2 Å². The standard InChI is InChI=1S/C38H37F2N11O4/c1-21-43-29-13-23(40)12-26-28-8-9-41-38(45-28)44-24-15-31(37(52)48(2)18-25(53-3)19-49(21)34(26)29)50(17-24)35-27-16-42-51-30-7-6-22(39)14-32(30)55-11-5-4-10-54-20-33(46-35)47-36(27)51/h4-9,12-14,16,24-25,31H,10-11,15,17-20H2,1-3H3,(H,41,44,45)/b5-4-/t24-,25-,31-/m0/s1. The Kier molecular flexibility index (Phi) is 8.81. The quantitative estimate of drug-likeness (QED) is 0.253. The molecule has 7 heterocycles. The first kappa shape index (κ1) is 34.7. The van der Waals surface area contributed by atoms with Gasteiger partial charge in [-0.15, -0.1) is 0 Å². The highest BCUT2D eigenvalue weighted by molar-refractivity contribution is 5.94. The smallest absolute Gasteiger partial charge is 0.245 e. The van der Waals surface area contributed by atoms with E-state index in [0.29, 0.717) is 81.9 Å². The minimum absolute atomic E-state index is 0.0861. The number of ether oxygens (including phenoxy) is 3. The maximum Gasteiger partial charge on any atom is 0.245 e. The maximum absolute atomic E-state index is 15.1. The molecule has 1 saturated heterocycles. The molecule has 282 valence electrons. The summed E-state index contributed by atoms with van der Waals surface area (Å²) < 4.78 is 50.9. The van der Waals surface area contributed by atoms with E-state index in [-0.39, 0.29) is 44.1 Å². The number of nitrogens with one attached hydrogen (secondary N) is 1. The summed E-state index contributed by atoms with van der Waals surface area (Å²) in [5.41, 5.74) is 3.22. The summed E-state index contributed by atoms with van der Waals surface area (Å²) in [6.07, 6.45) is 6.82. The highest BCUT2D eigenvalue weighted by Crippen LogP contribution is 2.36. The summed E-state index contributed by atoms with van der Waals surface area (Å²) >= 11 is 0. The Bertz CT molecular complexity index is 2490. The Morgan fingerprint density at radius 2 is 1.85 bits per heavy atom. The fourth-order valence-electron chi connectivity index (χ4n) is 7.67. The van der Waals surface area contributed by atoms with Crippen LogP contribution in [-0.2, 0) is 27.4 Å². The number of fused-ring (bicyclic) bond motifs is 8. The highest BCUT2D eigenvalue weighted by atomic mass is 19.1. The fourth-order valence-corrected chi connectivity index (χ4v) is 7.67. The number of aryl methyl sites for hydroxylation is 1. The van der Waals surface area contributed by atoms with Crippen LogP contribution in [0, 0.1) is 18.6 Å². The number of aromatic nitrogens is 8. The minimum atomic E-state index is -0.675. The van der Waals surface area contributed by atoms with Crippen molar-refractivity contribution in [3.63, 3.8) is 0 Å². The molecule has 1 N–H and O–H groups in total. The van der Waals surface area contributed by atoms with Crippen molar-refractivity contribution in [1.29, 1.82) is 0 Å². The molecule has 17 heteroatoms. The van der Waals surface area contributed by atoms with E-state index in [1.807, 2.05) is 22.5 Å². The van der Waals surface area contributed by atoms with Crippen LogP contribution >= 0.6 is 0 Å². The molecule has 3 atom stereocenters. The van der Waals surface area contributed by atoms with Gasteiger partial charge in [-0.3, -0.25) is 4.79 Å². The number of halogens is 2. The minimum Gasteiger partial charge on any atom is -0.487 e. The lowest BCUT2D eigenvalue weighted by Crippen LogP contribution is -2.47. The zero-order chi connectivity index (χ0) is 37.8. The number of hydrogen-bond acceptors (Lipinski definition) is 12. The van der Waals surface area contributed by atoms with E-state index in [1.165, 1.54) is 24.3 Å². The third kappa shape index (κ3) is 6.38. The van der Waals surface area contributed by atoms with Gasteiger partial charge in [-0.05, 0) is 43.7 Å². The van der Waals surface area contributed by atoms with Crippen LogP contribution in [0.5, 0.6) is 5.75 Å². The van der Waals surface area contributed by atoms with E-state index < -0.39 is 23.8 Å². The maximum atomic E-state index is 15.1. The van der Waals surface area contributed by atoms with Gasteiger partial charge in [0.15, 0.2) is 11.5 Å². The zero-order valence-electron chi connectivity index (χ0n) is 30.3. The Hall–Kier alpha value is -6.07. The zero-order valence-corrected chi connectivity index (χ0v) is 30.3. The molecule has 3 aliphatic heterocycles. The topological polar surface area (TPSA) is 150 Å². The molecule has 6 bridgehead atoms. The van der Waals surface area contributed by atoms with Crippen molar-refractivity contribution >= 4 is 39.7 Å². The number of hydrogen-bond donors (Lipinski definition) is 1. The van der Waals surface area contributed by atoms with Crippen molar-refractivity contribution < 1.29 is 27.8 Å². The van der Waals surface area contributed by atoms with Gasteiger partial charge >= 0.3 is 0 Å². The second-order valence-corrected chi connectivity index (χ2v) is 13.8. The predicted octanol–water partition coefficient (Wildman–Crippen LogP) is 4.22. The van der Waals surface area contributed by atoms with Crippen LogP contribution in [0.2, 0.25) is 0 Å². The third-order valence-corrected chi connectivity index (χ3v) is 10.2. The Morgan fingerprint density at radius 3 is 2.73 bits per heavy atom. The number of imidazole rings is 1. The second kappa shape index (κ2) is 14.0. The van der Waals surface area contributed by atoms with Gasteiger partial charge in [-0.1, -0.05) is 6.08 Å². The van der Waals surface area contributed by atoms with Crippen molar-refractivity contribution in [1.82, 2.24) is 44.2 Å². The number of likely N-dealkylation sites (N-methyl/N-ethyl adjacent to an activating group) is 1. The summed E-state index contributed by atoms with van der Waals surface area (Å²) in [6.45, 7) is 3.37. The molecule has 0 unspecified atom stereocenters. The summed E-state index contributed by atoms with van der Waals surface area (Å²) in [5.74, 6) is 1.12. The number of carbonyl (C=O) groups excluding carboxylic acids is 1. The number of rotatable bonds is 2. The molecule has 15 nitrogen and oxygen atoms in total. The van der Waals surface area contributed by atoms with Crippen LogP contribution in [0.4, 0.5) is 20.5 Å². The fraction of sp³-hybridized carbons (Fsp3) is 0.342. The van der Waals surface area contributed by atoms with Crippen molar-refractivity contribution in [2.45, 2.75) is 44.7 Å². The van der Waals surface area contributed by atoms with Crippen LogP contribution in [0.3, 0.4) is 0 Å². The average Bonchev–Trinajstić information content (AvgIpc) is 3.87. The molecule has 0 radical (unpaired) electrons. The molecule has 3 aliphatic rings. The molecule has 4 aromatic heterocycles. The van der Waals surface area contributed by atoms with Gasteiger partial charge in [0, 0.05) is 57.2 Å². The van der Waals surface area contributed by atoms with E-state index in [0.717, 1.165) is 0 Å².